The lowest BCUT2D eigenvalue weighted by molar-refractivity contribution is 0.225. The molecule has 2 aromatic rings. The Bertz CT molecular complexity index is 693. The van der Waals surface area contributed by atoms with Gasteiger partial charge in [0.25, 0.3) is 0 Å². The van der Waals surface area contributed by atoms with E-state index in [9.17, 15) is 0 Å². The molecule has 1 aromatic heterocycles. The van der Waals surface area contributed by atoms with Crippen LogP contribution < -0.4 is 14.4 Å². The maximum absolute atomic E-state index is 5.96. The monoisotopic (exact) mass is 345 g/mol. The van der Waals surface area contributed by atoms with Crippen LogP contribution in [0.5, 0.6) is 11.5 Å². The summed E-state index contributed by atoms with van der Waals surface area (Å²) < 4.78 is 17.1. The molecule has 3 rings (SSSR count). The minimum absolute atomic E-state index is 0.129. The number of methoxy groups -OCH3 is 1. The van der Waals surface area contributed by atoms with Gasteiger partial charge >= 0.3 is 6.01 Å². The van der Waals surface area contributed by atoms with Gasteiger partial charge in [0.1, 0.15) is 11.5 Å². The molecule has 1 aromatic carbocycles. The first-order valence-electron chi connectivity index (χ1n) is 8.81. The first-order valence-corrected chi connectivity index (χ1v) is 8.81. The first kappa shape index (κ1) is 17.6. The van der Waals surface area contributed by atoms with Crippen molar-refractivity contribution < 1.29 is 13.9 Å². The lowest BCUT2D eigenvalue weighted by Crippen LogP contribution is -2.38. The molecule has 1 aliphatic rings. The highest BCUT2D eigenvalue weighted by Crippen LogP contribution is 2.27. The van der Waals surface area contributed by atoms with Gasteiger partial charge in [0.15, 0.2) is 0 Å². The fourth-order valence-corrected chi connectivity index (χ4v) is 2.93. The molecule has 1 saturated heterocycles. The predicted molar refractivity (Wildman–Crippen MR) is 96.4 cm³/mol. The molecule has 0 N–H and O–H groups in total. The molecule has 25 heavy (non-hydrogen) atoms. The summed E-state index contributed by atoms with van der Waals surface area (Å²) in [6, 6.07) is 8.34. The highest BCUT2D eigenvalue weighted by molar-refractivity contribution is 5.33. The van der Waals surface area contributed by atoms with E-state index < -0.39 is 0 Å². The largest absolute Gasteiger partial charge is 0.497 e. The molecule has 1 atom stereocenters. The van der Waals surface area contributed by atoms with Crippen LogP contribution in [-0.4, -0.2) is 37.0 Å². The Balaban J connectivity index is 1.58. The van der Waals surface area contributed by atoms with Gasteiger partial charge in [-0.1, -0.05) is 31.9 Å². The maximum atomic E-state index is 5.96. The number of hydrogen-bond acceptors (Lipinski definition) is 6. The second kappa shape index (κ2) is 7.33. The van der Waals surface area contributed by atoms with Gasteiger partial charge in [-0.25, -0.2) is 0 Å². The Morgan fingerprint density at radius 3 is 2.76 bits per heavy atom. The second-order valence-electron chi connectivity index (χ2n) is 7.58. The predicted octanol–water partition coefficient (Wildman–Crippen LogP) is 3.67. The van der Waals surface area contributed by atoms with Gasteiger partial charge in [-0.2, -0.15) is 0 Å². The summed E-state index contributed by atoms with van der Waals surface area (Å²) in [7, 11) is 1.66. The number of anilines is 1. The molecule has 2 heterocycles. The molecule has 0 aliphatic carbocycles. The molecule has 0 radical (unpaired) electrons. The molecule has 1 aliphatic heterocycles. The molecule has 1 fully saturated rings. The van der Waals surface area contributed by atoms with Gasteiger partial charge in [-0.15, -0.1) is 5.10 Å². The van der Waals surface area contributed by atoms with Gasteiger partial charge in [0.05, 0.1) is 13.7 Å². The lowest BCUT2D eigenvalue weighted by Gasteiger charge is -2.31. The van der Waals surface area contributed by atoms with E-state index in [1.54, 1.807) is 7.11 Å². The van der Waals surface area contributed by atoms with Crippen LogP contribution in [0.3, 0.4) is 0 Å². The zero-order valence-corrected chi connectivity index (χ0v) is 15.5. The quantitative estimate of drug-likeness (QED) is 0.824. The molecular weight excluding hydrogens is 318 g/mol. The van der Waals surface area contributed by atoms with Gasteiger partial charge in [0, 0.05) is 30.5 Å². The second-order valence-corrected chi connectivity index (χ2v) is 7.58. The molecule has 0 amide bonds. The summed E-state index contributed by atoms with van der Waals surface area (Å²) >= 11 is 0. The zero-order chi connectivity index (χ0) is 17.9. The zero-order valence-electron chi connectivity index (χ0n) is 15.5. The standard InChI is InChI=1S/C19H27N3O3/c1-19(2,3)17-20-21-18(25-17)22-10-6-7-14(12-22)13-24-16-9-5-8-15(11-16)23-4/h5,8-9,11,14H,6-7,10,12-13H2,1-4H3/t14-/m0/s1. The van der Waals surface area contributed by atoms with Crippen molar-refractivity contribution in [1.29, 1.82) is 0 Å². The lowest BCUT2D eigenvalue weighted by atomic mass is 9.97. The third kappa shape index (κ3) is 4.44. The maximum Gasteiger partial charge on any atom is 0.318 e. The van der Waals surface area contributed by atoms with Crippen LogP contribution in [0.4, 0.5) is 6.01 Å². The number of nitrogens with zero attached hydrogens (tertiary/aromatic N) is 3. The normalized spacial score (nSPS) is 18.2. The minimum Gasteiger partial charge on any atom is -0.497 e. The van der Waals surface area contributed by atoms with E-state index >= 15 is 0 Å². The molecule has 0 unspecified atom stereocenters. The van der Waals surface area contributed by atoms with Crippen molar-refractivity contribution in [3.05, 3.63) is 30.2 Å². The molecule has 0 saturated carbocycles. The van der Waals surface area contributed by atoms with E-state index in [2.05, 4.69) is 35.9 Å². The number of hydrogen-bond donors (Lipinski definition) is 0. The van der Waals surface area contributed by atoms with Crippen LogP contribution in [0.25, 0.3) is 0 Å². The first-order chi connectivity index (χ1) is 12.0. The summed E-state index contributed by atoms with van der Waals surface area (Å²) in [6.45, 7) is 8.71. The van der Waals surface area contributed by atoms with Crippen molar-refractivity contribution in [2.24, 2.45) is 5.92 Å². The van der Waals surface area contributed by atoms with Crippen LogP contribution in [0, 0.1) is 5.92 Å². The van der Waals surface area contributed by atoms with Crippen molar-refractivity contribution in [1.82, 2.24) is 10.2 Å². The number of benzene rings is 1. The highest BCUT2D eigenvalue weighted by Gasteiger charge is 2.27. The van der Waals surface area contributed by atoms with Gasteiger partial charge in [-0.3, -0.25) is 0 Å². The van der Waals surface area contributed by atoms with E-state index in [-0.39, 0.29) is 5.41 Å². The third-order valence-electron chi connectivity index (χ3n) is 4.37. The van der Waals surface area contributed by atoms with Gasteiger partial charge in [-0.05, 0) is 25.0 Å². The summed E-state index contributed by atoms with van der Waals surface area (Å²) in [5.74, 6) is 2.76. The van der Waals surface area contributed by atoms with Crippen molar-refractivity contribution in [3.63, 3.8) is 0 Å². The van der Waals surface area contributed by atoms with E-state index in [1.807, 2.05) is 24.3 Å². The van der Waals surface area contributed by atoms with E-state index in [4.69, 9.17) is 13.9 Å². The highest BCUT2D eigenvalue weighted by atomic mass is 16.5. The summed E-state index contributed by atoms with van der Waals surface area (Å²) in [6.07, 6.45) is 2.24. The van der Waals surface area contributed by atoms with E-state index in [0.29, 0.717) is 24.4 Å². The van der Waals surface area contributed by atoms with Crippen molar-refractivity contribution in [2.45, 2.75) is 39.0 Å². The van der Waals surface area contributed by atoms with Gasteiger partial charge in [0.2, 0.25) is 5.89 Å². The average molecular weight is 345 g/mol. The van der Waals surface area contributed by atoms with Crippen LogP contribution in [-0.2, 0) is 5.41 Å². The number of aromatic nitrogens is 2. The Labute approximate surface area is 149 Å². The van der Waals surface area contributed by atoms with Crippen LogP contribution >= 0.6 is 0 Å². The third-order valence-corrected chi connectivity index (χ3v) is 4.37. The Kier molecular flexibility index (Phi) is 5.16. The SMILES string of the molecule is COc1cccc(OC[C@H]2CCCN(c3nnc(C(C)(C)C)o3)C2)c1. The van der Waals surface area contributed by atoms with Crippen LogP contribution in [0.1, 0.15) is 39.5 Å². The Morgan fingerprint density at radius 1 is 1.24 bits per heavy atom. The van der Waals surface area contributed by atoms with Crippen molar-refractivity contribution in [2.75, 3.05) is 31.7 Å². The smallest absolute Gasteiger partial charge is 0.318 e. The molecule has 6 nitrogen and oxygen atoms in total. The molecule has 0 spiro atoms. The molecule has 0 bridgehead atoms. The summed E-state index contributed by atoms with van der Waals surface area (Å²) in [5, 5.41) is 8.43. The van der Waals surface area contributed by atoms with Gasteiger partial charge < -0.3 is 18.8 Å². The van der Waals surface area contributed by atoms with Crippen LogP contribution in [0.2, 0.25) is 0 Å². The van der Waals surface area contributed by atoms with Crippen LogP contribution in [0.15, 0.2) is 28.7 Å². The topological polar surface area (TPSA) is 60.6 Å². The number of ether oxygens (including phenoxy) is 2. The summed E-state index contributed by atoms with van der Waals surface area (Å²) in [5.41, 5.74) is -0.129. The molecule has 6 heteroatoms. The van der Waals surface area contributed by atoms with E-state index in [0.717, 1.165) is 37.4 Å². The number of rotatable bonds is 5. The van der Waals surface area contributed by atoms with E-state index in [1.165, 1.54) is 0 Å². The fraction of sp³-hybridized carbons (Fsp3) is 0.579. The number of piperidine rings is 1. The molecular formula is C19H27N3O3. The fourth-order valence-electron chi connectivity index (χ4n) is 2.93. The Morgan fingerprint density at radius 2 is 2.04 bits per heavy atom. The average Bonchev–Trinajstić information content (AvgIpc) is 3.11. The molecule has 136 valence electrons. The van der Waals surface area contributed by atoms with Crippen molar-refractivity contribution in [3.8, 4) is 11.5 Å². The van der Waals surface area contributed by atoms with Crippen molar-refractivity contribution >= 4 is 6.01 Å². The minimum atomic E-state index is -0.129. The Hall–Kier alpha value is -2.24. The summed E-state index contributed by atoms with van der Waals surface area (Å²) in [4.78, 5) is 2.17.